The summed E-state index contributed by atoms with van der Waals surface area (Å²) in [5, 5.41) is 6.78. The second-order valence-corrected chi connectivity index (χ2v) is 3.64. The van der Waals surface area contributed by atoms with Crippen LogP contribution in [0.2, 0.25) is 0 Å². The molecule has 0 saturated heterocycles. The van der Waals surface area contributed by atoms with Gasteiger partial charge in [0.25, 0.3) is 0 Å². The summed E-state index contributed by atoms with van der Waals surface area (Å²) in [6, 6.07) is 1.61. The summed E-state index contributed by atoms with van der Waals surface area (Å²) in [4.78, 5) is 11.2. The zero-order valence-electron chi connectivity index (χ0n) is 7.62. The average Bonchev–Trinajstić information content (AvgIpc) is 2.65. The highest BCUT2D eigenvalue weighted by molar-refractivity contribution is 7.07. The Kier molecular flexibility index (Phi) is 3.92. The van der Waals surface area contributed by atoms with Crippen LogP contribution in [0.25, 0.3) is 0 Å². The van der Waals surface area contributed by atoms with Crippen molar-refractivity contribution in [1.82, 2.24) is 5.32 Å². The lowest BCUT2D eigenvalue weighted by molar-refractivity contribution is -0.122. The third kappa shape index (κ3) is 3.16. The third-order valence-corrected chi connectivity index (χ3v) is 2.56. The molecule has 0 aliphatic rings. The minimum atomic E-state index is -0.376. The zero-order valence-corrected chi connectivity index (χ0v) is 8.43. The summed E-state index contributed by atoms with van der Waals surface area (Å²) in [5.74, 6) is -0.0753. The van der Waals surface area contributed by atoms with Gasteiger partial charge in [0.1, 0.15) is 0 Å². The summed E-state index contributed by atoms with van der Waals surface area (Å²) in [6.07, 6.45) is 0.676. The monoisotopic (exact) mass is 198 g/mol. The number of hydrogen-bond donors (Lipinski definition) is 2. The largest absolute Gasteiger partial charge is 0.351 e. The average molecular weight is 198 g/mol. The molecule has 0 aliphatic carbocycles. The van der Waals surface area contributed by atoms with Crippen molar-refractivity contribution < 1.29 is 4.79 Å². The molecule has 1 amide bonds. The van der Waals surface area contributed by atoms with Gasteiger partial charge in [0, 0.05) is 6.54 Å². The van der Waals surface area contributed by atoms with Crippen molar-refractivity contribution in [2.45, 2.75) is 25.9 Å². The lowest BCUT2D eigenvalue weighted by Gasteiger charge is -2.08. The molecular weight excluding hydrogens is 184 g/mol. The van der Waals surface area contributed by atoms with E-state index in [2.05, 4.69) is 5.32 Å². The number of nitrogens with one attached hydrogen (secondary N) is 1. The van der Waals surface area contributed by atoms with Crippen LogP contribution in [0.3, 0.4) is 0 Å². The van der Waals surface area contributed by atoms with Crippen LogP contribution >= 0.6 is 11.3 Å². The van der Waals surface area contributed by atoms with Crippen LogP contribution in [0.15, 0.2) is 16.8 Å². The van der Waals surface area contributed by atoms with Crippen LogP contribution in [0.5, 0.6) is 0 Å². The van der Waals surface area contributed by atoms with Crippen molar-refractivity contribution in [1.29, 1.82) is 0 Å². The Morgan fingerprint density at radius 1 is 1.77 bits per heavy atom. The number of nitrogens with two attached hydrogens (primary N) is 1. The van der Waals surface area contributed by atoms with E-state index in [4.69, 9.17) is 5.73 Å². The minimum absolute atomic E-state index is 0.0753. The smallest absolute Gasteiger partial charge is 0.237 e. The molecule has 1 atom stereocenters. The molecule has 0 bridgehead atoms. The maximum atomic E-state index is 11.2. The summed E-state index contributed by atoms with van der Waals surface area (Å²) in [6.45, 7) is 2.48. The van der Waals surface area contributed by atoms with Gasteiger partial charge < -0.3 is 11.1 Å². The van der Waals surface area contributed by atoms with Crippen molar-refractivity contribution in [2.24, 2.45) is 5.73 Å². The number of carbonyl (C=O) groups excluding carboxylic acids is 1. The fourth-order valence-electron chi connectivity index (χ4n) is 0.899. The van der Waals surface area contributed by atoms with E-state index < -0.39 is 0 Å². The van der Waals surface area contributed by atoms with E-state index in [1.807, 2.05) is 23.8 Å². The molecule has 1 heterocycles. The van der Waals surface area contributed by atoms with E-state index in [9.17, 15) is 4.79 Å². The first-order chi connectivity index (χ1) is 6.24. The van der Waals surface area contributed by atoms with Gasteiger partial charge in [-0.05, 0) is 28.8 Å². The van der Waals surface area contributed by atoms with Gasteiger partial charge in [-0.25, -0.2) is 0 Å². The zero-order chi connectivity index (χ0) is 9.68. The molecular formula is C9H14N2OS. The van der Waals surface area contributed by atoms with Gasteiger partial charge in [0.15, 0.2) is 0 Å². The van der Waals surface area contributed by atoms with Crippen LogP contribution in [0, 0.1) is 0 Å². The molecule has 3 N–H and O–H groups in total. The van der Waals surface area contributed by atoms with Gasteiger partial charge >= 0.3 is 0 Å². The van der Waals surface area contributed by atoms with E-state index in [0.717, 1.165) is 5.56 Å². The molecule has 1 aromatic heterocycles. The molecule has 72 valence electrons. The van der Waals surface area contributed by atoms with E-state index in [1.165, 1.54) is 0 Å². The Hall–Kier alpha value is -0.870. The lowest BCUT2D eigenvalue weighted by atomic mass is 10.2. The maximum absolute atomic E-state index is 11.2. The van der Waals surface area contributed by atoms with E-state index >= 15 is 0 Å². The molecule has 1 aromatic rings. The normalized spacial score (nSPS) is 12.5. The van der Waals surface area contributed by atoms with Crippen molar-refractivity contribution in [2.75, 3.05) is 0 Å². The molecule has 0 aromatic carbocycles. The van der Waals surface area contributed by atoms with Gasteiger partial charge in [0.05, 0.1) is 6.04 Å². The number of carbonyl (C=O) groups is 1. The molecule has 3 nitrogen and oxygen atoms in total. The van der Waals surface area contributed by atoms with Crippen LogP contribution in [-0.4, -0.2) is 11.9 Å². The Labute approximate surface area is 81.9 Å². The molecule has 0 radical (unpaired) electrons. The van der Waals surface area contributed by atoms with Crippen molar-refractivity contribution in [3.63, 3.8) is 0 Å². The number of thiophene rings is 1. The molecule has 0 saturated carbocycles. The van der Waals surface area contributed by atoms with Crippen molar-refractivity contribution in [3.8, 4) is 0 Å². The Morgan fingerprint density at radius 3 is 3.08 bits per heavy atom. The predicted octanol–water partition coefficient (Wildman–Crippen LogP) is 1.10. The van der Waals surface area contributed by atoms with Gasteiger partial charge in [-0.1, -0.05) is 6.92 Å². The number of amides is 1. The van der Waals surface area contributed by atoms with E-state index in [-0.39, 0.29) is 11.9 Å². The molecule has 13 heavy (non-hydrogen) atoms. The fraction of sp³-hybridized carbons (Fsp3) is 0.444. The Bertz CT molecular complexity index is 259. The van der Waals surface area contributed by atoms with Crippen LogP contribution in [-0.2, 0) is 11.3 Å². The van der Waals surface area contributed by atoms with Crippen molar-refractivity contribution in [3.05, 3.63) is 22.4 Å². The molecule has 1 rings (SSSR count). The first-order valence-electron chi connectivity index (χ1n) is 4.28. The van der Waals surface area contributed by atoms with Gasteiger partial charge in [-0.15, -0.1) is 0 Å². The highest BCUT2D eigenvalue weighted by atomic mass is 32.1. The second-order valence-electron chi connectivity index (χ2n) is 2.86. The Balaban J connectivity index is 2.31. The van der Waals surface area contributed by atoms with E-state index in [0.29, 0.717) is 13.0 Å². The van der Waals surface area contributed by atoms with Crippen molar-refractivity contribution >= 4 is 17.2 Å². The quantitative estimate of drug-likeness (QED) is 0.761. The maximum Gasteiger partial charge on any atom is 0.237 e. The van der Waals surface area contributed by atoms with Gasteiger partial charge in [0.2, 0.25) is 5.91 Å². The van der Waals surface area contributed by atoms with Gasteiger partial charge in [-0.3, -0.25) is 4.79 Å². The van der Waals surface area contributed by atoms with Crippen LogP contribution in [0.4, 0.5) is 0 Å². The third-order valence-electron chi connectivity index (χ3n) is 1.82. The molecule has 1 unspecified atom stereocenters. The summed E-state index contributed by atoms with van der Waals surface area (Å²) in [7, 11) is 0. The van der Waals surface area contributed by atoms with Gasteiger partial charge in [-0.2, -0.15) is 11.3 Å². The highest BCUT2D eigenvalue weighted by Crippen LogP contribution is 2.04. The molecule has 0 spiro atoms. The number of rotatable bonds is 4. The standard InChI is InChI=1S/C9H14N2OS/c1-2-8(10)9(12)11-5-7-3-4-13-6-7/h3-4,6,8H,2,5,10H2,1H3,(H,11,12). The van der Waals surface area contributed by atoms with Crippen LogP contribution < -0.4 is 11.1 Å². The molecule has 0 aliphatic heterocycles. The van der Waals surface area contributed by atoms with Crippen LogP contribution in [0.1, 0.15) is 18.9 Å². The fourth-order valence-corrected chi connectivity index (χ4v) is 1.57. The summed E-state index contributed by atoms with van der Waals surface area (Å²) in [5.41, 5.74) is 6.67. The SMILES string of the molecule is CCC(N)C(=O)NCc1ccsc1. The summed E-state index contributed by atoms with van der Waals surface area (Å²) < 4.78 is 0. The molecule has 0 fully saturated rings. The predicted molar refractivity (Wildman–Crippen MR) is 54.4 cm³/mol. The second kappa shape index (κ2) is 4.99. The minimum Gasteiger partial charge on any atom is -0.351 e. The highest BCUT2D eigenvalue weighted by Gasteiger charge is 2.09. The first-order valence-corrected chi connectivity index (χ1v) is 5.22. The summed E-state index contributed by atoms with van der Waals surface area (Å²) >= 11 is 1.62. The first kappa shape index (κ1) is 10.2. The molecule has 4 heteroatoms. The van der Waals surface area contributed by atoms with E-state index in [1.54, 1.807) is 11.3 Å². The topological polar surface area (TPSA) is 55.1 Å². The Morgan fingerprint density at radius 2 is 2.54 bits per heavy atom. The lowest BCUT2D eigenvalue weighted by Crippen LogP contribution is -2.39. The number of hydrogen-bond acceptors (Lipinski definition) is 3.